The molecule has 106 valence electrons. The van der Waals surface area contributed by atoms with Gasteiger partial charge in [0, 0.05) is 11.1 Å². The predicted molar refractivity (Wildman–Crippen MR) is 83.4 cm³/mol. The molecule has 6 N–H and O–H groups in total. The van der Waals surface area contributed by atoms with Gasteiger partial charge in [-0.3, -0.25) is 4.79 Å². The van der Waals surface area contributed by atoms with Gasteiger partial charge in [-0.2, -0.15) is 4.99 Å². The molecule has 6 nitrogen and oxygen atoms in total. The highest BCUT2D eigenvalue weighted by Gasteiger charge is 2.07. The molecule has 0 spiro atoms. The van der Waals surface area contributed by atoms with Crippen molar-refractivity contribution in [1.82, 2.24) is 0 Å². The summed E-state index contributed by atoms with van der Waals surface area (Å²) in [7, 11) is 0. The number of rotatable bonds is 3. The van der Waals surface area contributed by atoms with Gasteiger partial charge in [0.05, 0.1) is 5.69 Å². The molecule has 2 aromatic rings. The minimum atomic E-state index is -0.160. The minimum Gasteiger partial charge on any atom is -0.370 e. The maximum absolute atomic E-state index is 12.2. The summed E-state index contributed by atoms with van der Waals surface area (Å²) in [5.74, 6) is -0.257. The van der Waals surface area contributed by atoms with E-state index < -0.39 is 0 Å². The van der Waals surface area contributed by atoms with E-state index >= 15 is 0 Å². The second-order valence-electron chi connectivity index (χ2n) is 4.25. The summed E-state index contributed by atoms with van der Waals surface area (Å²) in [5, 5.41) is 0. The third-order valence-electron chi connectivity index (χ3n) is 2.65. The smallest absolute Gasteiger partial charge is 0.223 e. The number of ketones is 1. The van der Waals surface area contributed by atoms with E-state index in [1.807, 2.05) is 18.2 Å². The summed E-state index contributed by atoms with van der Waals surface area (Å²) < 4.78 is 0. The SMILES string of the molecule is NC(N)=NC(N)=Nc1ccc(C(=O)c2ccccc2)cc1. The maximum Gasteiger partial charge on any atom is 0.223 e. The number of hydrogen-bond donors (Lipinski definition) is 3. The van der Waals surface area contributed by atoms with Crippen molar-refractivity contribution in [3.05, 3.63) is 65.7 Å². The van der Waals surface area contributed by atoms with Crippen molar-refractivity contribution in [2.75, 3.05) is 0 Å². The van der Waals surface area contributed by atoms with Gasteiger partial charge in [-0.05, 0) is 24.3 Å². The van der Waals surface area contributed by atoms with Crippen molar-refractivity contribution in [3.8, 4) is 0 Å². The zero-order valence-corrected chi connectivity index (χ0v) is 11.2. The largest absolute Gasteiger partial charge is 0.370 e. The highest BCUT2D eigenvalue weighted by atomic mass is 16.1. The van der Waals surface area contributed by atoms with Crippen LogP contribution in [0.4, 0.5) is 5.69 Å². The third-order valence-corrected chi connectivity index (χ3v) is 2.65. The van der Waals surface area contributed by atoms with Crippen molar-refractivity contribution in [2.24, 2.45) is 27.2 Å². The van der Waals surface area contributed by atoms with E-state index in [4.69, 9.17) is 17.2 Å². The van der Waals surface area contributed by atoms with Gasteiger partial charge >= 0.3 is 0 Å². The maximum atomic E-state index is 12.2. The highest BCUT2D eigenvalue weighted by molar-refractivity contribution is 6.09. The van der Waals surface area contributed by atoms with E-state index in [-0.39, 0.29) is 17.7 Å². The molecule has 0 bridgehead atoms. The van der Waals surface area contributed by atoms with Crippen LogP contribution in [0.5, 0.6) is 0 Å². The summed E-state index contributed by atoms with van der Waals surface area (Å²) in [6.45, 7) is 0. The average molecular weight is 281 g/mol. The highest BCUT2D eigenvalue weighted by Crippen LogP contribution is 2.16. The van der Waals surface area contributed by atoms with Crippen molar-refractivity contribution >= 4 is 23.4 Å². The molecule has 0 amide bonds. The predicted octanol–water partition coefficient (Wildman–Crippen LogP) is 1.14. The van der Waals surface area contributed by atoms with Crippen LogP contribution in [-0.4, -0.2) is 17.7 Å². The van der Waals surface area contributed by atoms with Crippen molar-refractivity contribution < 1.29 is 4.79 Å². The molecule has 0 unspecified atom stereocenters. The normalized spacial score (nSPS) is 11.0. The van der Waals surface area contributed by atoms with Crippen molar-refractivity contribution in [3.63, 3.8) is 0 Å². The molecular weight excluding hydrogens is 266 g/mol. The molecule has 0 aromatic heterocycles. The monoisotopic (exact) mass is 281 g/mol. The van der Waals surface area contributed by atoms with E-state index in [9.17, 15) is 4.79 Å². The number of carbonyl (C=O) groups excluding carboxylic acids is 1. The molecule has 2 rings (SSSR count). The lowest BCUT2D eigenvalue weighted by molar-refractivity contribution is 0.103. The Balaban J connectivity index is 2.20. The average Bonchev–Trinajstić information content (AvgIpc) is 2.47. The van der Waals surface area contributed by atoms with Crippen LogP contribution in [0.1, 0.15) is 15.9 Å². The Kier molecular flexibility index (Phi) is 4.30. The summed E-state index contributed by atoms with van der Waals surface area (Å²) >= 11 is 0. The Hall–Kier alpha value is -3.15. The first kappa shape index (κ1) is 14.3. The number of nitrogens with zero attached hydrogens (tertiary/aromatic N) is 2. The third kappa shape index (κ3) is 3.90. The molecule has 0 aliphatic heterocycles. The Morgan fingerprint density at radius 3 is 1.95 bits per heavy atom. The van der Waals surface area contributed by atoms with Crippen LogP contribution in [0.15, 0.2) is 64.6 Å². The van der Waals surface area contributed by atoms with E-state index in [2.05, 4.69) is 9.98 Å². The fourth-order valence-corrected chi connectivity index (χ4v) is 1.73. The summed E-state index contributed by atoms with van der Waals surface area (Å²) in [6, 6.07) is 15.7. The van der Waals surface area contributed by atoms with Gasteiger partial charge in [-0.15, -0.1) is 0 Å². The van der Waals surface area contributed by atoms with Gasteiger partial charge in [0.15, 0.2) is 11.7 Å². The van der Waals surface area contributed by atoms with Crippen LogP contribution in [-0.2, 0) is 0 Å². The van der Waals surface area contributed by atoms with Crippen LogP contribution in [0.2, 0.25) is 0 Å². The molecule has 0 fully saturated rings. The molecule has 2 aromatic carbocycles. The van der Waals surface area contributed by atoms with Crippen molar-refractivity contribution in [1.29, 1.82) is 0 Å². The van der Waals surface area contributed by atoms with Crippen LogP contribution >= 0.6 is 0 Å². The fourth-order valence-electron chi connectivity index (χ4n) is 1.73. The fraction of sp³-hybridized carbons (Fsp3) is 0. The molecule has 21 heavy (non-hydrogen) atoms. The first-order valence-corrected chi connectivity index (χ1v) is 6.20. The first-order valence-electron chi connectivity index (χ1n) is 6.20. The lowest BCUT2D eigenvalue weighted by Crippen LogP contribution is -2.26. The standard InChI is InChI=1S/C15H15N5O/c16-14(17)20-15(18)19-12-8-6-11(7-9-12)13(21)10-4-2-1-3-5-10/h1-9H,(H6,16,17,18,19,20). The van der Waals surface area contributed by atoms with Crippen LogP contribution in [0.3, 0.4) is 0 Å². The van der Waals surface area contributed by atoms with Crippen LogP contribution in [0, 0.1) is 0 Å². The van der Waals surface area contributed by atoms with Gasteiger partial charge in [-0.1, -0.05) is 30.3 Å². The van der Waals surface area contributed by atoms with E-state index in [1.54, 1.807) is 36.4 Å². The zero-order valence-electron chi connectivity index (χ0n) is 11.2. The Bertz CT molecular complexity index is 686. The molecule has 0 aliphatic rings. The summed E-state index contributed by atoms with van der Waals surface area (Å²) in [5.41, 5.74) is 17.7. The Morgan fingerprint density at radius 2 is 1.38 bits per heavy atom. The molecule has 0 saturated heterocycles. The van der Waals surface area contributed by atoms with E-state index in [0.29, 0.717) is 16.8 Å². The number of guanidine groups is 2. The second-order valence-corrected chi connectivity index (χ2v) is 4.25. The molecule has 6 heteroatoms. The van der Waals surface area contributed by atoms with Crippen molar-refractivity contribution in [2.45, 2.75) is 0 Å². The van der Waals surface area contributed by atoms with Gasteiger partial charge in [-0.25, -0.2) is 4.99 Å². The summed E-state index contributed by atoms with van der Waals surface area (Å²) in [6.07, 6.45) is 0. The molecular formula is C15H15N5O. The topological polar surface area (TPSA) is 120 Å². The lowest BCUT2D eigenvalue weighted by Gasteiger charge is -2.02. The lowest BCUT2D eigenvalue weighted by atomic mass is 10.0. The molecule has 0 radical (unpaired) electrons. The molecule has 0 aliphatic carbocycles. The molecule has 0 heterocycles. The minimum absolute atomic E-state index is 0.0443. The number of benzene rings is 2. The summed E-state index contributed by atoms with van der Waals surface area (Å²) in [4.78, 5) is 19.8. The van der Waals surface area contributed by atoms with Gasteiger partial charge < -0.3 is 17.2 Å². The van der Waals surface area contributed by atoms with E-state index in [0.717, 1.165) is 0 Å². The van der Waals surface area contributed by atoms with Gasteiger partial charge in [0.25, 0.3) is 0 Å². The second kappa shape index (κ2) is 6.33. The van der Waals surface area contributed by atoms with Gasteiger partial charge in [0.1, 0.15) is 0 Å². The molecule has 0 atom stereocenters. The molecule has 0 saturated carbocycles. The van der Waals surface area contributed by atoms with Gasteiger partial charge in [0.2, 0.25) is 5.96 Å². The van der Waals surface area contributed by atoms with Crippen LogP contribution in [0.25, 0.3) is 0 Å². The van der Waals surface area contributed by atoms with Crippen LogP contribution < -0.4 is 17.2 Å². The number of hydrogen-bond acceptors (Lipinski definition) is 2. The Morgan fingerprint density at radius 1 is 0.810 bits per heavy atom. The zero-order chi connectivity index (χ0) is 15.2. The van der Waals surface area contributed by atoms with E-state index in [1.165, 1.54) is 0 Å². The quantitative estimate of drug-likeness (QED) is 0.444. The number of aliphatic imine (C=N–C) groups is 2. The Labute approximate surface area is 122 Å². The number of nitrogens with two attached hydrogens (primary N) is 3. The number of carbonyl (C=O) groups is 1. The first-order chi connectivity index (χ1) is 10.1.